The van der Waals surface area contributed by atoms with Crippen molar-refractivity contribution in [1.29, 1.82) is 0 Å². The SMILES string of the molecule is COc1ccccc1CN(Cc1cccnc1)Cc1ccc(C(F)(F)F)nc1. The molecule has 0 N–H and O–H groups in total. The van der Waals surface area contributed by atoms with Crippen LogP contribution in [0.4, 0.5) is 13.2 Å². The van der Waals surface area contributed by atoms with E-state index in [0.717, 1.165) is 22.9 Å². The minimum Gasteiger partial charge on any atom is -0.496 e. The average Bonchev–Trinajstić information content (AvgIpc) is 2.69. The monoisotopic (exact) mass is 387 g/mol. The van der Waals surface area contributed by atoms with E-state index in [2.05, 4.69) is 14.9 Å². The zero-order chi connectivity index (χ0) is 20.0. The van der Waals surface area contributed by atoms with Crippen LogP contribution in [0.25, 0.3) is 0 Å². The molecular weight excluding hydrogens is 367 g/mol. The molecule has 0 amide bonds. The fourth-order valence-corrected chi connectivity index (χ4v) is 2.94. The number of rotatable bonds is 7. The van der Waals surface area contributed by atoms with Gasteiger partial charge in [0.25, 0.3) is 0 Å². The summed E-state index contributed by atoms with van der Waals surface area (Å²) in [6.07, 6.45) is 0.320. The first-order chi connectivity index (χ1) is 13.5. The standard InChI is InChI=1S/C21H20F3N3O/c1-28-19-7-3-2-6-18(19)15-27(13-16-5-4-10-25-11-16)14-17-8-9-20(26-12-17)21(22,23)24/h2-12H,13-15H2,1H3. The van der Waals surface area contributed by atoms with Crippen molar-refractivity contribution in [2.75, 3.05) is 7.11 Å². The van der Waals surface area contributed by atoms with Gasteiger partial charge in [-0.1, -0.05) is 30.3 Å². The van der Waals surface area contributed by atoms with E-state index in [1.54, 1.807) is 19.5 Å². The molecule has 0 fully saturated rings. The van der Waals surface area contributed by atoms with Gasteiger partial charge in [-0.2, -0.15) is 13.2 Å². The van der Waals surface area contributed by atoms with Crippen LogP contribution in [0.1, 0.15) is 22.4 Å². The smallest absolute Gasteiger partial charge is 0.433 e. The summed E-state index contributed by atoms with van der Waals surface area (Å²) in [5.41, 5.74) is 1.82. The summed E-state index contributed by atoms with van der Waals surface area (Å²) >= 11 is 0. The number of pyridine rings is 2. The quantitative estimate of drug-likeness (QED) is 0.589. The summed E-state index contributed by atoms with van der Waals surface area (Å²) in [5.74, 6) is 0.768. The molecule has 0 radical (unpaired) electrons. The number of hydrogen-bond acceptors (Lipinski definition) is 4. The van der Waals surface area contributed by atoms with Crippen molar-refractivity contribution < 1.29 is 17.9 Å². The van der Waals surface area contributed by atoms with Crippen molar-refractivity contribution in [1.82, 2.24) is 14.9 Å². The predicted molar refractivity (Wildman–Crippen MR) is 99.4 cm³/mol. The molecule has 0 bridgehead atoms. The molecular formula is C21H20F3N3O. The number of halogens is 3. The largest absolute Gasteiger partial charge is 0.496 e. The second kappa shape index (κ2) is 8.84. The third kappa shape index (κ3) is 5.29. The van der Waals surface area contributed by atoms with Crippen LogP contribution >= 0.6 is 0 Å². The van der Waals surface area contributed by atoms with E-state index in [1.165, 1.54) is 12.3 Å². The van der Waals surface area contributed by atoms with Gasteiger partial charge in [-0.3, -0.25) is 14.9 Å². The Kier molecular flexibility index (Phi) is 6.26. The lowest BCUT2D eigenvalue weighted by Crippen LogP contribution is -2.23. The maximum absolute atomic E-state index is 12.7. The van der Waals surface area contributed by atoms with E-state index in [1.807, 2.05) is 36.4 Å². The first kappa shape index (κ1) is 19.8. The van der Waals surface area contributed by atoms with Crippen LogP contribution in [0.5, 0.6) is 5.75 Å². The minimum absolute atomic E-state index is 0.443. The topological polar surface area (TPSA) is 38.2 Å². The van der Waals surface area contributed by atoms with Crippen LogP contribution in [-0.2, 0) is 25.8 Å². The normalized spacial score (nSPS) is 11.6. The lowest BCUT2D eigenvalue weighted by Gasteiger charge is -2.23. The third-order valence-electron chi connectivity index (χ3n) is 4.24. The number of ether oxygens (including phenoxy) is 1. The number of nitrogens with zero attached hydrogens (tertiary/aromatic N) is 3. The number of benzene rings is 1. The Morgan fingerprint density at radius 3 is 2.25 bits per heavy atom. The summed E-state index contributed by atoms with van der Waals surface area (Å²) in [5, 5.41) is 0. The van der Waals surface area contributed by atoms with Crippen molar-refractivity contribution in [2.24, 2.45) is 0 Å². The van der Waals surface area contributed by atoms with Gasteiger partial charge in [0.1, 0.15) is 11.4 Å². The first-order valence-corrected chi connectivity index (χ1v) is 8.71. The third-order valence-corrected chi connectivity index (χ3v) is 4.24. The summed E-state index contributed by atoms with van der Waals surface area (Å²) < 4.78 is 43.7. The van der Waals surface area contributed by atoms with E-state index in [-0.39, 0.29) is 0 Å². The number of alkyl halides is 3. The van der Waals surface area contributed by atoms with Crippen molar-refractivity contribution in [3.05, 3.63) is 89.5 Å². The van der Waals surface area contributed by atoms with Crippen LogP contribution in [-0.4, -0.2) is 22.0 Å². The highest BCUT2D eigenvalue weighted by Crippen LogP contribution is 2.27. The second-order valence-electron chi connectivity index (χ2n) is 6.37. The molecule has 7 heteroatoms. The molecule has 0 aliphatic carbocycles. The fourth-order valence-electron chi connectivity index (χ4n) is 2.94. The lowest BCUT2D eigenvalue weighted by atomic mass is 10.1. The molecule has 2 heterocycles. The highest BCUT2D eigenvalue weighted by molar-refractivity contribution is 5.33. The van der Waals surface area contributed by atoms with Crippen molar-refractivity contribution in [2.45, 2.75) is 25.8 Å². The number of methoxy groups -OCH3 is 1. The van der Waals surface area contributed by atoms with Crippen LogP contribution in [0.15, 0.2) is 67.1 Å². The van der Waals surface area contributed by atoms with Gasteiger partial charge < -0.3 is 4.74 Å². The van der Waals surface area contributed by atoms with Gasteiger partial charge in [-0.15, -0.1) is 0 Å². The zero-order valence-corrected chi connectivity index (χ0v) is 15.4. The van der Waals surface area contributed by atoms with Gasteiger partial charge >= 0.3 is 6.18 Å². The van der Waals surface area contributed by atoms with Gasteiger partial charge in [0.15, 0.2) is 0 Å². The highest BCUT2D eigenvalue weighted by Gasteiger charge is 2.32. The lowest BCUT2D eigenvalue weighted by molar-refractivity contribution is -0.141. The van der Waals surface area contributed by atoms with Crippen LogP contribution < -0.4 is 4.74 Å². The van der Waals surface area contributed by atoms with Crippen molar-refractivity contribution in [3.8, 4) is 5.75 Å². The zero-order valence-electron chi connectivity index (χ0n) is 15.4. The van der Waals surface area contributed by atoms with E-state index in [0.29, 0.717) is 25.2 Å². The Labute approximate surface area is 161 Å². The van der Waals surface area contributed by atoms with E-state index in [4.69, 9.17) is 4.74 Å². The highest BCUT2D eigenvalue weighted by atomic mass is 19.4. The van der Waals surface area contributed by atoms with E-state index in [9.17, 15) is 13.2 Å². The van der Waals surface area contributed by atoms with E-state index >= 15 is 0 Å². The molecule has 2 aromatic heterocycles. The van der Waals surface area contributed by atoms with Crippen molar-refractivity contribution >= 4 is 0 Å². The molecule has 0 unspecified atom stereocenters. The molecule has 4 nitrogen and oxygen atoms in total. The molecule has 146 valence electrons. The average molecular weight is 387 g/mol. The predicted octanol–water partition coefficient (Wildman–Crippen LogP) is 4.71. The molecule has 28 heavy (non-hydrogen) atoms. The number of para-hydroxylation sites is 1. The Bertz CT molecular complexity index is 883. The van der Waals surface area contributed by atoms with Gasteiger partial charge in [-0.05, 0) is 29.3 Å². The summed E-state index contributed by atoms with van der Waals surface area (Å²) in [4.78, 5) is 9.81. The Morgan fingerprint density at radius 2 is 1.64 bits per heavy atom. The molecule has 0 atom stereocenters. The maximum Gasteiger partial charge on any atom is 0.433 e. The van der Waals surface area contributed by atoms with Gasteiger partial charge in [-0.25, -0.2) is 0 Å². The van der Waals surface area contributed by atoms with Crippen LogP contribution in [0.2, 0.25) is 0 Å². The molecule has 0 spiro atoms. The Morgan fingerprint density at radius 1 is 0.893 bits per heavy atom. The minimum atomic E-state index is -4.44. The molecule has 0 aliphatic heterocycles. The molecule has 0 saturated heterocycles. The molecule has 1 aromatic carbocycles. The van der Waals surface area contributed by atoms with E-state index < -0.39 is 11.9 Å². The number of aromatic nitrogens is 2. The van der Waals surface area contributed by atoms with Crippen molar-refractivity contribution in [3.63, 3.8) is 0 Å². The Balaban J connectivity index is 1.81. The summed E-state index contributed by atoms with van der Waals surface area (Å²) in [6.45, 7) is 1.60. The van der Waals surface area contributed by atoms with Crippen LogP contribution in [0, 0.1) is 0 Å². The van der Waals surface area contributed by atoms with Gasteiger partial charge in [0.05, 0.1) is 7.11 Å². The van der Waals surface area contributed by atoms with Crippen LogP contribution in [0.3, 0.4) is 0 Å². The molecule has 0 saturated carbocycles. The number of hydrogen-bond donors (Lipinski definition) is 0. The maximum atomic E-state index is 12.7. The van der Waals surface area contributed by atoms with Gasteiger partial charge in [0.2, 0.25) is 0 Å². The molecule has 3 rings (SSSR count). The second-order valence-corrected chi connectivity index (χ2v) is 6.37. The summed E-state index contributed by atoms with van der Waals surface area (Å²) in [7, 11) is 1.62. The first-order valence-electron chi connectivity index (χ1n) is 8.71. The van der Waals surface area contributed by atoms with Gasteiger partial charge in [0, 0.05) is 43.8 Å². The Hall–Kier alpha value is -2.93. The fraction of sp³-hybridized carbons (Fsp3) is 0.238. The molecule has 3 aromatic rings. The molecule has 0 aliphatic rings. The summed E-state index contributed by atoms with van der Waals surface area (Å²) in [6, 6.07) is 14.0.